The molecule has 1 heterocycles. The van der Waals surface area contributed by atoms with Crippen LogP contribution in [-0.4, -0.2) is 23.5 Å². The molecule has 2 N–H and O–H groups in total. The molecule has 0 aromatic carbocycles. The Bertz CT molecular complexity index is 397. The Hall–Kier alpha value is -0.940. The van der Waals surface area contributed by atoms with Gasteiger partial charge in [0.2, 0.25) is 5.91 Å². The van der Waals surface area contributed by atoms with Gasteiger partial charge < -0.3 is 10.6 Å². The van der Waals surface area contributed by atoms with Crippen molar-refractivity contribution < 1.29 is 4.79 Å². The lowest BCUT2D eigenvalue weighted by molar-refractivity contribution is -0.115. The summed E-state index contributed by atoms with van der Waals surface area (Å²) in [6.45, 7) is 4.59. The van der Waals surface area contributed by atoms with Crippen LogP contribution in [0.2, 0.25) is 0 Å². The fourth-order valence-electron chi connectivity index (χ4n) is 2.14. The molecule has 0 atom stereocenters. The van der Waals surface area contributed by atoms with Crippen LogP contribution in [0.25, 0.3) is 0 Å². The minimum absolute atomic E-state index is 0.00607. The highest BCUT2D eigenvalue weighted by Gasteiger charge is 2.15. The lowest BCUT2D eigenvalue weighted by Gasteiger charge is -2.10. The van der Waals surface area contributed by atoms with Crippen LogP contribution in [0.5, 0.6) is 0 Å². The summed E-state index contributed by atoms with van der Waals surface area (Å²) in [4.78, 5) is 16.1. The molecule has 2 rings (SSSR count). The Morgan fingerprint density at radius 2 is 2.22 bits per heavy atom. The number of carbonyl (C=O) groups excluding carboxylic acids is 1. The van der Waals surface area contributed by atoms with Gasteiger partial charge in [-0.05, 0) is 18.8 Å². The summed E-state index contributed by atoms with van der Waals surface area (Å²) in [6.07, 6.45) is 4.96. The lowest BCUT2D eigenvalue weighted by atomic mass is 10.2. The Morgan fingerprint density at radius 1 is 1.50 bits per heavy atom. The van der Waals surface area contributed by atoms with Crippen LogP contribution in [0.1, 0.15) is 51.1 Å². The maximum absolute atomic E-state index is 11.7. The van der Waals surface area contributed by atoms with E-state index in [-0.39, 0.29) is 5.91 Å². The Kier molecular flexibility index (Phi) is 4.72. The van der Waals surface area contributed by atoms with Crippen molar-refractivity contribution in [1.82, 2.24) is 10.3 Å². The smallest absolute Gasteiger partial charge is 0.240 e. The van der Waals surface area contributed by atoms with Gasteiger partial charge in [-0.1, -0.05) is 26.7 Å². The van der Waals surface area contributed by atoms with Crippen molar-refractivity contribution in [3.05, 3.63) is 11.1 Å². The van der Waals surface area contributed by atoms with E-state index in [0.29, 0.717) is 23.6 Å². The van der Waals surface area contributed by atoms with Crippen LogP contribution < -0.4 is 10.6 Å². The van der Waals surface area contributed by atoms with E-state index >= 15 is 0 Å². The van der Waals surface area contributed by atoms with Crippen molar-refractivity contribution in [2.45, 2.75) is 51.5 Å². The summed E-state index contributed by atoms with van der Waals surface area (Å²) in [6, 6.07) is 0.526. The predicted molar refractivity (Wildman–Crippen MR) is 75.1 cm³/mol. The second kappa shape index (κ2) is 6.29. The summed E-state index contributed by atoms with van der Waals surface area (Å²) in [7, 11) is 0. The number of anilines is 1. The first kappa shape index (κ1) is 13.5. The molecular weight excluding hydrogens is 246 g/mol. The zero-order valence-corrected chi connectivity index (χ0v) is 11.8. The molecule has 4 nitrogen and oxygen atoms in total. The molecule has 1 aromatic heterocycles. The van der Waals surface area contributed by atoms with Crippen LogP contribution >= 0.6 is 11.3 Å². The Labute approximate surface area is 112 Å². The number of nitrogens with one attached hydrogen (secondary N) is 2. The second-order valence-corrected chi connectivity index (χ2v) is 6.00. The highest BCUT2D eigenvalue weighted by molar-refractivity contribution is 7.13. The molecule has 0 spiro atoms. The van der Waals surface area contributed by atoms with E-state index in [2.05, 4.69) is 29.5 Å². The molecule has 1 saturated carbocycles. The zero-order chi connectivity index (χ0) is 13.0. The van der Waals surface area contributed by atoms with Crippen molar-refractivity contribution in [2.24, 2.45) is 0 Å². The molecule has 1 fully saturated rings. The molecule has 1 amide bonds. The zero-order valence-electron chi connectivity index (χ0n) is 11.0. The third kappa shape index (κ3) is 3.78. The fourth-order valence-corrected chi connectivity index (χ4v) is 3.03. The van der Waals surface area contributed by atoms with Crippen LogP contribution in [0, 0.1) is 0 Å². The molecule has 1 aliphatic rings. The molecule has 0 saturated heterocycles. The van der Waals surface area contributed by atoms with Crippen LogP contribution in [0.4, 0.5) is 5.13 Å². The van der Waals surface area contributed by atoms with Crippen molar-refractivity contribution in [1.29, 1.82) is 0 Å². The maximum Gasteiger partial charge on any atom is 0.240 e. The highest BCUT2D eigenvalue weighted by atomic mass is 32.1. The summed E-state index contributed by atoms with van der Waals surface area (Å²) < 4.78 is 0. The van der Waals surface area contributed by atoms with Crippen LogP contribution in [0.15, 0.2) is 5.38 Å². The van der Waals surface area contributed by atoms with Crippen molar-refractivity contribution >= 4 is 22.4 Å². The third-order valence-corrected chi connectivity index (χ3v) is 4.04. The predicted octanol–water partition coefficient (Wildman–Crippen LogP) is 2.74. The van der Waals surface area contributed by atoms with E-state index in [4.69, 9.17) is 0 Å². The SMILES string of the molecule is CC(C)c1csc(NC(=O)CNC2CCCC2)n1. The number of hydrogen-bond acceptors (Lipinski definition) is 4. The molecule has 100 valence electrons. The summed E-state index contributed by atoms with van der Waals surface area (Å²) >= 11 is 1.49. The quantitative estimate of drug-likeness (QED) is 0.862. The number of nitrogens with zero attached hydrogens (tertiary/aromatic N) is 1. The number of amides is 1. The first-order valence-corrected chi connectivity index (χ1v) is 7.52. The Balaban J connectivity index is 1.75. The third-order valence-electron chi connectivity index (χ3n) is 3.27. The minimum Gasteiger partial charge on any atom is -0.306 e. The van der Waals surface area contributed by atoms with Gasteiger partial charge in [0.1, 0.15) is 0 Å². The van der Waals surface area contributed by atoms with Crippen LogP contribution in [-0.2, 0) is 4.79 Å². The normalized spacial score (nSPS) is 16.4. The number of aromatic nitrogens is 1. The number of rotatable bonds is 5. The summed E-state index contributed by atoms with van der Waals surface area (Å²) in [5, 5.41) is 8.85. The summed E-state index contributed by atoms with van der Waals surface area (Å²) in [5.41, 5.74) is 1.04. The van der Waals surface area contributed by atoms with Crippen molar-refractivity contribution in [3.63, 3.8) is 0 Å². The molecule has 0 aliphatic heterocycles. The molecular formula is C13H21N3OS. The number of thiazole rings is 1. The topological polar surface area (TPSA) is 54.0 Å². The van der Waals surface area contributed by atoms with Gasteiger partial charge in [0.25, 0.3) is 0 Å². The second-order valence-electron chi connectivity index (χ2n) is 5.14. The Morgan fingerprint density at radius 3 is 2.83 bits per heavy atom. The van der Waals surface area contributed by atoms with Gasteiger partial charge in [-0.2, -0.15) is 0 Å². The van der Waals surface area contributed by atoms with Gasteiger partial charge in [0, 0.05) is 11.4 Å². The highest BCUT2D eigenvalue weighted by Crippen LogP contribution is 2.21. The largest absolute Gasteiger partial charge is 0.306 e. The average molecular weight is 267 g/mol. The van der Waals surface area contributed by atoms with Gasteiger partial charge in [-0.25, -0.2) is 4.98 Å². The molecule has 0 unspecified atom stereocenters. The lowest BCUT2D eigenvalue weighted by Crippen LogP contribution is -2.34. The molecule has 1 aromatic rings. The van der Waals surface area contributed by atoms with E-state index < -0.39 is 0 Å². The van der Waals surface area contributed by atoms with Crippen LogP contribution in [0.3, 0.4) is 0 Å². The first-order valence-electron chi connectivity index (χ1n) is 6.64. The standard InChI is InChI=1S/C13H21N3OS/c1-9(2)11-8-18-13(15-11)16-12(17)7-14-10-5-3-4-6-10/h8-10,14H,3-7H2,1-2H3,(H,15,16,17). The minimum atomic E-state index is 0.00607. The molecule has 18 heavy (non-hydrogen) atoms. The number of hydrogen-bond donors (Lipinski definition) is 2. The molecule has 5 heteroatoms. The van der Waals surface area contributed by atoms with Gasteiger partial charge in [0.15, 0.2) is 5.13 Å². The van der Waals surface area contributed by atoms with E-state index in [9.17, 15) is 4.79 Å². The monoisotopic (exact) mass is 267 g/mol. The maximum atomic E-state index is 11.7. The average Bonchev–Trinajstić information content (AvgIpc) is 2.96. The van der Waals surface area contributed by atoms with E-state index in [1.54, 1.807) is 0 Å². The fraction of sp³-hybridized carbons (Fsp3) is 0.692. The van der Waals surface area contributed by atoms with E-state index in [1.807, 2.05) is 5.38 Å². The van der Waals surface area contributed by atoms with Gasteiger partial charge in [-0.3, -0.25) is 4.79 Å². The van der Waals surface area contributed by atoms with Crippen molar-refractivity contribution in [3.8, 4) is 0 Å². The van der Waals surface area contributed by atoms with Gasteiger partial charge in [-0.15, -0.1) is 11.3 Å². The summed E-state index contributed by atoms with van der Waals surface area (Å²) in [5.74, 6) is 0.412. The molecule has 1 aliphatic carbocycles. The molecule has 0 bridgehead atoms. The van der Waals surface area contributed by atoms with Gasteiger partial charge >= 0.3 is 0 Å². The molecule has 0 radical (unpaired) electrons. The van der Waals surface area contributed by atoms with Gasteiger partial charge in [0.05, 0.1) is 12.2 Å². The van der Waals surface area contributed by atoms with E-state index in [1.165, 1.54) is 37.0 Å². The number of carbonyl (C=O) groups is 1. The first-order chi connectivity index (χ1) is 8.65. The van der Waals surface area contributed by atoms with Crippen molar-refractivity contribution in [2.75, 3.05) is 11.9 Å². The van der Waals surface area contributed by atoms with E-state index in [0.717, 1.165) is 5.69 Å².